The van der Waals surface area contributed by atoms with Crippen LogP contribution in [0, 0.1) is 0 Å². The van der Waals surface area contributed by atoms with Crippen molar-refractivity contribution in [2.45, 2.75) is 0 Å². The average Bonchev–Trinajstić information content (AvgIpc) is 1.88. The molecule has 1 atom stereocenters. The van der Waals surface area contributed by atoms with Gasteiger partial charge in [0.15, 0.2) is 0 Å². The number of benzene rings is 1. The van der Waals surface area contributed by atoms with E-state index in [1.807, 2.05) is 18.2 Å². The Morgan fingerprint density at radius 3 is 2.70 bits per heavy atom. The van der Waals surface area contributed by atoms with E-state index >= 15 is 0 Å². The maximum atomic E-state index is 5.51. The van der Waals surface area contributed by atoms with Gasteiger partial charge in [-0.05, 0) is 18.2 Å². The number of hydrogen-bond acceptors (Lipinski definition) is 2. The summed E-state index contributed by atoms with van der Waals surface area (Å²) >= 11 is 0. The Morgan fingerprint density at radius 2 is 2.20 bits per heavy atom. The molecule has 0 aliphatic rings. The van der Waals surface area contributed by atoms with Gasteiger partial charge in [0, 0.05) is 11.0 Å². The maximum absolute atomic E-state index is 5.51. The Hall–Kier alpha value is -0.750. The van der Waals surface area contributed by atoms with E-state index in [0.717, 1.165) is 16.7 Å². The van der Waals surface area contributed by atoms with Crippen LogP contribution in [0.2, 0.25) is 0 Å². The fraction of sp³-hybridized carbons (Fsp3) is 0.143. The first kappa shape index (κ1) is 7.36. The SMILES string of the molecule is COc1ccc(N)cc1P. The van der Waals surface area contributed by atoms with Crippen LogP contribution in [-0.4, -0.2) is 7.11 Å². The van der Waals surface area contributed by atoms with Gasteiger partial charge in [0.05, 0.1) is 7.11 Å². The molecular weight excluding hydrogens is 145 g/mol. The van der Waals surface area contributed by atoms with Crippen LogP contribution in [0.5, 0.6) is 5.75 Å². The highest BCUT2D eigenvalue weighted by atomic mass is 31.0. The second-order valence-corrected chi connectivity index (χ2v) is 2.62. The van der Waals surface area contributed by atoms with Crippen LogP contribution < -0.4 is 15.8 Å². The van der Waals surface area contributed by atoms with Gasteiger partial charge in [-0.15, -0.1) is 9.24 Å². The summed E-state index contributed by atoms with van der Waals surface area (Å²) < 4.78 is 5.02. The Labute approximate surface area is 62.6 Å². The Kier molecular flexibility index (Phi) is 2.13. The van der Waals surface area contributed by atoms with Crippen LogP contribution in [0.25, 0.3) is 0 Å². The lowest BCUT2D eigenvalue weighted by molar-refractivity contribution is 0.418. The largest absolute Gasteiger partial charge is 0.496 e. The van der Waals surface area contributed by atoms with Gasteiger partial charge in [0.1, 0.15) is 5.75 Å². The van der Waals surface area contributed by atoms with Crippen LogP contribution in [0.3, 0.4) is 0 Å². The zero-order chi connectivity index (χ0) is 7.56. The lowest BCUT2D eigenvalue weighted by Gasteiger charge is -2.03. The van der Waals surface area contributed by atoms with Crippen molar-refractivity contribution < 1.29 is 4.74 Å². The number of methoxy groups -OCH3 is 1. The van der Waals surface area contributed by atoms with E-state index in [4.69, 9.17) is 10.5 Å². The van der Waals surface area contributed by atoms with Gasteiger partial charge in [-0.3, -0.25) is 0 Å². The molecule has 0 saturated heterocycles. The Bertz CT molecular complexity index is 237. The summed E-state index contributed by atoms with van der Waals surface area (Å²) in [6, 6.07) is 5.51. The van der Waals surface area contributed by atoms with E-state index in [-0.39, 0.29) is 0 Å². The molecule has 1 aromatic rings. The molecule has 0 aliphatic carbocycles. The summed E-state index contributed by atoms with van der Waals surface area (Å²) in [5, 5.41) is 0.988. The molecule has 1 rings (SSSR count). The van der Waals surface area contributed by atoms with Crippen molar-refractivity contribution in [2.24, 2.45) is 0 Å². The molecule has 2 nitrogen and oxygen atoms in total. The van der Waals surface area contributed by atoms with Gasteiger partial charge >= 0.3 is 0 Å². The zero-order valence-electron chi connectivity index (χ0n) is 5.79. The van der Waals surface area contributed by atoms with Crippen molar-refractivity contribution in [1.29, 1.82) is 0 Å². The van der Waals surface area contributed by atoms with Crippen molar-refractivity contribution >= 4 is 20.2 Å². The molecule has 0 fully saturated rings. The van der Waals surface area contributed by atoms with E-state index in [1.165, 1.54) is 0 Å². The van der Waals surface area contributed by atoms with Gasteiger partial charge < -0.3 is 10.5 Å². The van der Waals surface area contributed by atoms with Crippen LogP contribution >= 0.6 is 9.24 Å². The Morgan fingerprint density at radius 1 is 1.50 bits per heavy atom. The van der Waals surface area contributed by atoms with Crippen molar-refractivity contribution in [3.63, 3.8) is 0 Å². The third kappa shape index (κ3) is 1.39. The normalized spacial score (nSPS) is 9.40. The molecule has 0 aromatic heterocycles. The minimum absolute atomic E-state index is 0.755. The fourth-order valence-electron chi connectivity index (χ4n) is 0.753. The first-order chi connectivity index (χ1) is 4.74. The minimum Gasteiger partial charge on any atom is -0.496 e. The van der Waals surface area contributed by atoms with Gasteiger partial charge in [-0.25, -0.2) is 0 Å². The summed E-state index contributed by atoms with van der Waals surface area (Å²) in [7, 11) is 4.20. The molecule has 1 unspecified atom stereocenters. The Balaban J connectivity index is 3.07. The van der Waals surface area contributed by atoms with Crippen LogP contribution in [0.4, 0.5) is 5.69 Å². The second-order valence-electron chi connectivity index (χ2n) is 2.00. The topological polar surface area (TPSA) is 35.2 Å². The van der Waals surface area contributed by atoms with Crippen LogP contribution in [0.15, 0.2) is 18.2 Å². The summed E-state index contributed by atoms with van der Waals surface area (Å²) in [5.74, 6) is 0.846. The molecule has 3 heteroatoms. The lowest BCUT2D eigenvalue weighted by atomic mass is 10.3. The minimum atomic E-state index is 0.755. The standard InChI is InChI=1S/C7H10NOP/c1-9-6-3-2-5(8)4-7(6)10/h2-4H,8,10H2,1H3. The molecule has 0 amide bonds. The van der Waals surface area contributed by atoms with E-state index in [0.29, 0.717) is 0 Å². The maximum Gasteiger partial charge on any atom is 0.126 e. The molecule has 0 bridgehead atoms. The summed E-state index contributed by atoms with van der Waals surface area (Å²) in [5.41, 5.74) is 6.27. The van der Waals surface area contributed by atoms with Gasteiger partial charge in [0.25, 0.3) is 0 Å². The summed E-state index contributed by atoms with van der Waals surface area (Å²) in [4.78, 5) is 0. The first-order valence-corrected chi connectivity index (χ1v) is 3.51. The lowest BCUT2D eigenvalue weighted by Crippen LogP contribution is -1.99. The first-order valence-electron chi connectivity index (χ1n) is 2.93. The number of nitrogen functional groups attached to an aromatic ring is 1. The molecule has 10 heavy (non-hydrogen) atoms. The van der Waals surface area contributed by atoms with E-state index in [9.17, 15) is 0 Å². The van der Waals surface area contributed by atoms with E-state index in [1.54, 1.807) is 7.11 Å². The molecule has 0 radical (unpaired) electrons. The highest BCUT2D eigenvalue weighted by Crippen LogP contribution is 2.12. The molecule has 2 N–H and O–H groups in total. The number of nitrogens with two attached hydrogens (primary N) is 1. The zero-order valence-corrected chi connectivity index (χ0v) is 6.95. The number of ether oxygens (including phenoxy) is 1. The molecule has 0 heterocycles. The molecule has 1 aromatic carbocycles. The summed E-state index contributed by atoms with van der Waals surface area (Å²) in [6.07, 6.45) is 0. The number of rotatable bonds is 1. The number of hydrogen-bond donors (Lipinski definition) is 1. The molecular formula is C7H10NOP. The smallest absolute Gasteiger partial charge is 0.126 e. The van der Waals surface area contributed by atoms with E-state index in [2.05, 4.69) is 9.24 Å². The monoisotopic (exact) mass is 155 g/mol. The second kappa shape index (κ2) is 2.89. The highest BCUT2D eigenvalue weighted by molar-refractivity contribution is 7.27. The molecule has 0 spiro atoms. The van der Waals surface area contributed by atoms with Gasteiger partial charge in [-0.2, -0.15) is 0 Å². The molecule has 54 valence electrons. The quantitative estimate of drug-likeness (QED) is 0.480. The van der Waals surface area contributed by atoms with E-state index < -0.39 is 0 Å². The summed E-state index contributed by atoms with van der Waals surface area (Å²) in [6.45, 7) is 0. The highest BCUT2D eigenvalue weighted by Gasteiger charge is 1.95. The van der Waals surface area contributed by atoms with Gasteiger partial charge in [0.2, 0.25) is 0 Å². The van der Waals surface area contributed by atoms with Crippen molar-refractivity contribution in [3.8, 4) is 5.75 Å². The predicted molar refractivity (Wildman–Crippen MR) is 46.8 cm³/mol. The van der Waals surface area contributed by atoms with Crippen molar-refractivity contribution in [1.82, 2.24) is 0 Å². The third-order valence-corrected chi connectivity index (χ3v) is 1.70. The third-order valence-electron chi connectivity index (χ3n) is 1.25. The average molecular weight is 155 g/mol. The predicted octanol–water partition coefficient (Wildman–Crippen LogP) is 0.778. The van der Waals surface area contributed by atoms with Crippen molar-refractivity contribution in [2.75, 3.05) is 12.8 Å². The molecule has 0 saturated carbocycles. The van der Waals surface area contributed by atoms with Crippen LogP contribution in [0.1, 0.15) is 0 Å². The number of anilines is 1. The fourth-order valence-corrected chi connectivity index (χ4v) is 1.16. The van der Waals surface area contributed by atoms with Crippen molar-refractivity contribution in [3.05, 3.63) is 18.2 Å². The van der Waals surface area contributed by atoms with Crippen LogP contribution in [-0.2, 0) is 0 Å². The molecule has 0 aliphatic heterocycles. The van der Waals surface area contributed by atoms with Gasteiger partial charge in [-0.1, -0.05) is 0 Å².